The van der Waals surface area contributed by atoms with Crippen LogP contribution in [0.5, 0.6) is 0 Å². The number of hydrogen-bond donors (Lipinski definition) is 0. The van der Waals surface area contributed by atoms with Gasteiger partial charge >= 0.3 is 0 Å². The molecule has 0 unspecified atom stereocenters. The number of sulfonamides is 1. The molecule has 1 spiro atoms. The molecule has 0 N–H and O–H groups in total. The minimum atomic E-state index is -3.09. The van der Waals surface area contributed by atoms with Gasteiger partial charge in [-0.05, 0) is 37.8 Å². The van der Waals surface area contributed by atoms with Crippen molar-refractivity contribution in [1.29, 1.82) is 0 Å². The monoisotopic (exact) mass is 393 g/mol. The number of rotatable bonds is 3. The molecule has 6 nitrogen and oxygen atoms in total. The van der Waals surface area contributed by atoms with Crippen molar-refractivity contribution in [2.75, 3.05) is 57.0 Å². The van der Waals surface area contributed by atoms with Crippen LogP contribution in [0.3, 0.4) is 0 Å². The highest BCUT2D eigenvalue weighted by molar-refractivity contribution is 7.88. The maximum atomic E-state index is 11.8. The first kappa shape index (κ1) is 19.2. The van der Waals surface area contributed by atoms with Crippen LogP contribution in [0.2, 0.25) is 0 Å². The molecular weight excluding hydrogens is 362 g/mol. The molecule has 4 rings (SSSR count). The van der Waals surface area contributed by atoms with E-state index in [1.165, 1.54) is 11.9 Å². The number of nitrogens with zero attached hydrogens (tertiary/aromatic N) is 3. The Morgan fingerprint density at radius 2 is 1.67 bits per heavy atom. The molecule has 1 aromatic rings. The van der Waals surface area contributed by atoms with Crippen LogP contribution in [0.4, 0.5) is 5.69 Å². The van der Waals surface area contributed by atoms with Crippen LogP contribution in [-0.4, -0.2) is 81.4 Å². The molecular formula is C20H31N3O3S. The van der Waals surface area contributed by atoms with Gasteiger partial charge in [-0.1, -0.05) is 18.2 Å². The van der Waals surface area contributed by atoms with E-state index in [1.807, 2.05) is 0 Å². The smallest absolute Gasteiger partial charge is 0.211 e. The number of ether oxygens (including phenoxy) is 1. The second kappa shape index (κ2) is 7.70. The lowest BCUT2D eigenvalue weighted by Gasteiger charge is -2.49. The fourth-order valence-electron chi connectivity index (χ4n) is 4.87. The predicted molar refractivity (Wildman–Crippen MR) is 108 cm³/mol. The van der Waals surface area contributed by atoms with E-state index in [2.05, 4.69) is 40.1 Å². The van der Waals surface area contributed by atoms with Gasteiger partial charge in [0.2, 0.25) is 10.0 Å². The molecule has 0 aliphatic carbocycles. The van der Waals surface area contributed by atoms with E-state index >= 15 is 0 Å². The Morgan fingerprint density at radius 1 is 1.00 bits per heavy atom. The van der Waals surface area contributed by atoms with Crippen LogP contribution >= 0.6 is 0 Å². The van der Waals surface area contributed by atoms with Gasteiger partial charge in [-0.15, -0.1) is 0 Å². The minimum Gasteiger partial charge on any atom is -0.375 e. The molecule has 0 aromatic heterocycles. The molecule has 0 amide bonds. The summed E-state index contributed by atoms with van der Waals surface area (Å²) in [6, 6.07) is 11.2. The van der Waals surface area contributed by atoms with E-state index in [1.54, 1.807) is 4.31 Å². The van der Waals surface area contributed by atoms with Crippen LogP contribution in [-0.2, 0) is 14.8 Å². The third-order valence-electron chi connectivity index (χ3n) is 6.52. The van der Waals surface area contributed by atoms with Gasteiger partial charge in [0.15, 0.2) is 0 Å². The lowest BCUT2D eigenvalue weighted by molar-refractivity contribution is -0.127. The fourth-order valence-corrected chi connectivity index (χ4v) is 5.72. The quantitative estimate of drug-likeness (QED) is 0.784. The summed E-state index contributed by atoms with van der Waals surface area (Å²) in [7, 11) is -3.09. The predicted octanol–water partition coefficient (Wildman–Crippen LogP) is 1.78. The summed E-state index contributed by atoms with van der Waals surface area (Å²) in [5.41, 5.74) is 1.19. The highest BCUT2D eigenvalue weighted by atomic mass is 32.2. The molecule has 0 radical (unpaired) electrons. The SMILES string of the molecule is CS(=O)(=O)N1CCC2(CC1)C[C@H](N1CCN(c3ccccc3)CC1)CCO2. The molecule has 150 valence electrons. The van der Waals surface area contributed by atoms with Gasteiger partial charge in [0.1, 0.15) is 0 Å². The van der Waals surface area contributed by atoms with Gasteiger partial charge in [-0.3, -0.25) is 4.90 Å². The number of piperidine rings is 1. The van der Waals surface area contributed by atoms with Gasteiger partial charge in [-0.2, -0.15) is 0 Å². The summed E-state index contributed by atoms with van der Waals surface area (Å²) < 4.78 is 31.4. The van der Waals surface area contributed by atoms with Crippen molar-refractivity contribution in [3.63, 3.8) is 0 Å². The summed E-state index contributed by atoms with van der Waals surface area (Å²) in [4.78, 5) is 5.10. The van der Waals surface area contributed by atoms with Crippen molar-refractivity contribution in [2.45, 2.75) is 37.3 Å². The number of benzene rings is 1. The molecule has 3 aliphatic heterocycles. The Morgan fingerprint density at radius 3 is 2.30 bits per heavy atom. The molecule has 1 atom stereocenters. The summed E-state index contributed by atoms with van der Waals surface area (Å²) in [5, 5.41) is 0. The highest BCUT2D eigenvalue weighted by Crippen LogP contribution is 2.37. The average Bonchev–Trinajstić information content (AvgIpc) is 2.68. The zero-order valence-electron chi connectivity index (χ0n) is 16.2. The van der Waals surface area contributed by atoms with Crippen molar-refractivity contribution in [3.05, 3.63) is 30.3 Å². The Kier molecular flexibility index (Phi) is 5.47. The topological polar surface area (TPSA) is 53.1 Å². The number of anilines is 1. The van der Waals surface area contributed by atoms with Gasteiger partial charge in [0, 0.05) is 57.6 Å². The van der Waals surface area contributed by atoms with Gasteiger partial charge in [0.05, 0.1) is 11.9 Å². The van der Waals surface area contributed by atoms with Crippen LogP contribution in [0, 0.1) is 0 Å². The first-order chi connectivity index (χ1) is 13.0. The molecule has 3 heterocycles. The summed E-state index contributed by atoms with van der Waals surface area (Å²) in [6.45, 7) is 6.28. The second-order valence-corrected chi connectivity index (χ2v) is 10.2. The molecule has 7 heteroatoms. The van der Waals surface area contributed by atoms with Crippen LogP contribution < -0.4 is 4.90 Å². The third-order valence-corrected chi connectivity index (χ3v) is 7.82. The summed E-state index contributed by atoms with van der Waals surface area (Å²) in [5.74, 6) is 0. The van der Waals surface area contributed by atoms with Crippen LogP contribution in [0.25, 0.3) is 0 Å². The van der Waals surface area contributed by atoms with Gasteiger partial charge in [-0.25, -0.2) is 12.7 Å². The zero-order chi connectivity index (χ0) is 18.9. The van der Waals surface area contributed by atoms with Gasteiger partial charge < -0.3 is 9.64 Å². The number of para-hydroxylation sites is 1. The molecule has 0 saturated carbocycles. The lowest BCUT2D eigenvalue weighted by atomic mass is 9.82. The van der Waals surface area contributed by atoms with E-state index in [4.69, 9.17) is 4.74 Å². The zero-order valence-corrected chi connectivity index (χ0v) is 17.0. The highest BCUT2D eigenvalue weighted by Gasteiger charge is 2.43. The van der Waals surface area contributed by atoms with Crippen molar-refractivity contribution in [3.8, 4) is 0 Å². The Labute approximate surface area is 163 Å². The molecule has 0 bridgehead atoms. The molecule has 3 fully saturated rings. The standard InChI is InChI=1S/C20H31N3O3S/c1-27(24,25)23-10-8-20(9-11-23)17-19(7-16-26-20)22-14-12-21(13-15-22)18-5-3-2-4-6-18/h2-6,19H,7-17H2,1H3/t19-/m1/s1. The van der Waals surface area contributed by atoms with E-state index in [0.29, 0.717) is 19.1 Å². The largest absolute Gasteiger partial charge is 0.375 e. The fraction of sp³-hybridized carbons (Fsp3) is 0.700. The third kappa shape index (κ3) is 4.31. The number of hydrogen-bond acceptors (Lipinski definition) is 5. The second-order valence-electron chi connectivity index (χ2n) is 8.20. The van der Waals surface area contributed by atoms with E-state index in [9.17, 15) is 8.42 Å². The van der Waals surface area contributed by atoms with Crippen molar-refractivity contribution >= 4 is 15.7 Å². The van der Waals surface area contributed by atoms with Crippen molar-refractivity contribution in [1.82, 2.24) is 9.21 Å². The number of piperazine rings is 1. The van der Waals surface area contributed by atoms with E-state index in [-0.39, 0.29) is 5.60 Å². The maximum absolute atomic E-state index is 11.8. The normalized spacial score (nSPS) is 27.7. The Balaban J connectivity index is 1.33. The molecule has 3 saturated heterocycles. The minimum absolute atomic E-state index is 0.124. The van der Waals surface area contributed by atoms with Crippen molar-refractivity contribution in [2.24, 2.45) is 0 Å². The van der Waals surface area contributed by atoms with Crippen LogP contribution in [0.1, 0.15) is 25.7 Å². The van der Waals surface area contributed by atoms with E-state index in [0.717, 1.165) is 58.5 Å². The Hall–Kier alpha value is -1.15. The molecule has 27 heavy (non-hydrogen) atoms. The first-order valence-electron chi connectivity index (χ1n) is 10.1. The molecule has 1 aromatic carbocycles. The average molecular weight is 394 g/mol. The van der Waals surface area contributed by atoms with Crippen LogP contribution in [0.15, 0.2) is 30.3 Å². The van der Waals surface area contributed by atoms with E-state index < -0.39 is 10.0 Å². The Bertz CT molecular complexity index is 724. The maximum Gasteiger partial charge on any atom is 0.211 e. The summed E-state index contributed by atoms with van der Waals surface area (Å²) in [6.07, 6.45) is 5.07. The lowest BCUT2D eigenvalue weighted by Crippen LogP contribution is -2.57. The summed E-state index contributed by atoms with van der Waals surface area (Å²) >= 11 is 0. The first-order valence-corrected chi connectivity index (χ1v) is 11.9. The van der Waals surface area contributed by atoms with Crippen molar-refractivity contribution < 1.29 is 13.2 Å². The molecule has 3 aliphatic rings. The van der Waals surface area contributed by atoms with Gasteiger partial charge in [0.25, 0.3) is 0 Å².